The fourth-order valence-corrected chi connectivity index (χ4v) is 1.54. The predicted octanol–water partition coefficient (Wildman–Crippen LogP) is 1.62. The van der Waals surface area contributed by atoms with Crippen LogP contribution in [0, 0.1) is 0 Å². The second-order valence-electron chi connectivity index (χ2n) is 3.43. The lowest BCUT2D eigenvalue weighted by Crippen LogP contribution is -2.30. The van der Waals surface area contributed by atoms with Gasteiger partial charge in [-0.15, -0.1) is 0 Å². The largest absolute Gasteiger partial charge is 0.303 e. The normalized spacial score (nSPS) is 19.0. The standard InChI is InChI=1S/C10H17NO/c1-10(9-12)5-8-11-6-3-2-4-7-11/h9H,1-8H2. The van der Waals surface area contributed by atoms with Crippen molar-refractivity contribution in [1.29, 1.82) is 0 Å². The quantitative estimate of drug-likeness (QED) is 0.468. The highest BCUT2D eigenvalue weighted by Gasteiger charge is 2.09. The Bertz CT molecular complexity index is 159. The van der Waals surface area contributed by atoms with E-state index in [1.165, 1.54) is 32.4 Å². The average Bonchev–Trinajstić information content (AvgIpc) is 2.16. The molecule has 0 aromatic rings. The molecule has 0 N–H and O–H groups in total. The summed E-state index contributed by atoms with van der Waals surface area (Å²) in [7, 11) is 0. The van der Waals surface area contributed by atoms with Gasteiger partial charge in [0.2, 0.25) is 0 Å². The van der Waals surface area contributed by atoms with Gasteiger partial charge in [0.05, 0.1) is 0 Å². The van der Waals surface area contributed by atoms with Crippen molar-refractivity contribution in [2.75, 3.05) is 19.6 Å². The van der Waals surface area contributed by atoms with Gasteiger partial charge in [0, 0.05) is 6.54 Å². The minimum Gasteiger partial charge on any atom is -0.303 e. The molecule has 0 radical (unpaired) electrons. The highest BCUT2D eigenvalue weighted by Crippen LogP contribution is 2.09. The third-order valence-corrected chi connectivity index (χ3v) is 2.36. The van der Waals surface area contributed by atoms with Crippen LogP contribution >= 0.6 is 0 Å². The van der Waals surface area contributed by atoms with Crippen molar-refractivity contribution < 1.29 is 4.79 Å². The van der Waals surface area contributed by atoms with Crippen LogP contribution in [-0.2, 0) is 4.79 Å². The van der Waals surface area contributed by atoms with E-state index in [0.29, 0.717) is 0 Å². The summed E-state index contributed by atoms with van der Waals surface area (Å²) < 4.78 is 0. The highest BCUT2D eigenvalue weighted by atomic mass is 16.1. The fourth-order valence-electron chi connectivity index (χ4n) is 1.54. The van der Waals surface area contributed by atoms with E-state index in [9.17, 15) is 4.79 Å². The van der Waals surface area contributed by atoms with E-state index in [-0.39, 0.29) is 0 Å². The minimum atomic E-state index is 0.723. The van der Waals surface area contributed by atoms with Gasteiger partial charge in [-0.05, 0) is 37.9 Å². The number of carbonyl (C=O) groups excluding carboxylic acids is 1. The highest BCUT2D eigenvalue weighted by molar-refractivity contribution is 5.71. The summed E-state index contributed by atoms with van der Waals surface area (Å²) in [6.45, 7) is 7.08. The van der Waals surface area contributed by atoms with Gasteiger partial charge in [-0.2, -0.15) is 0 Å². The van der Waals surface area contributed by atoms with Gasteiger partial charge in [0.15, 0.2) is 0 Å². The molecule has 68 valence electrons. The van der Waals surface area contributed by atoms with Crippen LogP contribution in [0.5, 0.6) is 0 Å². The van der Waals surface area contributed by atoms with Crippen molar-refractivity contribution >= 4 is 6.29 Å². The van der Waals surface area contributed by atoms with Crippen LogP contribution in [0.15, 0.2) is 12.2 Å². The molecule has 2 nitrogen and oxygen atoms in total. The summed E-state index contributed by atoms with van der Waals surface area (Å²) >= 11 is 0. The van der Waals surface area contributed by atoms with E-state index >= 15 is 0 Å². The molecule has 0 aromatic heterocycles. The third kappa shape index (κ3) is 3.18. The Balaban J connectivity index is 2.12. The molecule has 0 aromatic carbocycles. The van der Waals surface area contributed by atoms with Gasteiger partial charge >= 0.3 is 0 Å². The van der Waals surface area contributed by atoms with E-state index in [1.807, 2.05) is 0 Å². The molecule has 1 rings (SSSR count). The lowest BCUT2D eigenvalue weighted by molar-refractivity contribution is -0.105. The number of likely N-dealkylation sites (tertiary alicyclic amines) is 1. The lowest BCUT2D eigenvalue weighted by atomic mass is 10.1. The smallest absolute Gasteiger partial charge is 0.145 e. The van der Waals surface area contributed by atoms with Gasteiger partial charge in [0.1, 0.15) is 6.29 Å². The first kappa shape index (κ1) is 9.46. The number of hydrogen-bond acceptors (Lipinski definition) is 2. The minimum absolute atomic E-state index is 0.723. The molecule has 0 saturated carbocycles. The van der Waals surface area contributed by atoms with Crippen molar-refractivity contribution in [2.24, 2.45) is 0 Å². The lowest BCUT2D eigenvalue weighted by Gasteiger charge is -2.26. The second-order valence-corrected chi connectivity index (χ2v) is 3.43. The van der Waals surface area contributed by atoms with E-state index in [2.05, 4.69) is 11.5 Å². The summed E-state index contributed by atoms with van der Waals surface area (Å²) in [4.78, 5) is 12.7. The van der Waals surface area contributed by atoms with Crippen molar-refractivity contribution in [3.8, 4) is 0 Å². The van der Waals surface area contributed by atoms with Crippen molar-refractivity contribution in [2.45, 2.75) is 25.7 Å². The summed E-state index contributed by atoms with van der Waals surface area (Å²) in [6.07, 6.45) is 5.69. The maximum absolute atomic E-state index is 10.3. The summed E-state index contributed by atoms with van der Waals surface area (Å²) in [6, 6.07) is 0. The van der Waals surface area contributed by atoms with Gasteiger partial charge in [-0.3, -0.25) is 4.79 Å². The number of nitrogens with zero attached hydrogens (tertiary/aromatic N) is 1. The number of hydrogen-bond donors (Lipinski definition) is 0. The van der Waals surface area contributed by atoms with Crippen LogP contribution < -0.4 is 0 Å². The molecule has 12 heavy (non-hydrogen) atoms. The zero-order valence-electron chi connectivity index (χ0n) is 7.59. The molecular weight excluding hydrogens is 150 g/mol. The SMILES string of the molecule is C=C(C=O)CCN1CCCCC1. The van der Waals surface area contributed by atoms with Crippen LogP contribution in [0.3, 0.4) is 0 Å². The van der Waals surface area contributed by atoms with E-state index in [4.69, 9.17) is 0 Å². The fraction of sp³-hybridized carbons (Fsp3) is 0.700. The topological polar surface area (TPSA) is 20.3 Å². The Kier molecular flexibility index (Phi) is 4.01. The molecule has 0 amide bonds. The van der Waals surface area contributed by atoms with Crippen LogP contribution in [0.25, 0.3) is 0 Å². The van der Waals surface area contributed by atoms with Gasteiger partial charge in [-0.25, -0.2) is 0 Å². The third-order valence-electron chi connectivity index (χ3n) is 2.36. The Morgan fingerprint density at radius 3 is 2.58 bits per heavy atom. The number of rotatable bonds is 4. The summed E-state index contributed by atoms with van der Waals surface area (Å²) in [5, 5.41) is 0. The Labute approximate surface area is 74.2 Å². The predicted molar refractivity (Wildman–Crippen MR) is 50.1 cm³/mol. The molecule has 0 spiro atoms. The second kappa shape index (κ2) is 5.09. The van der Waals surface area contributed by atoms with E-state index in [0.717, 1.165) is 24.8 Å². The maximum Gasteiger partial charge on any atom is 0.145 e. The summed E-state index contributed by atoms with van der Waals surface area (Å²) in [5.74, 6) is 0. The first-order valence-electron chi connectivity index (χ1n) is 4.68. The summed E-state index contributed by atoms with van der Waals surface area (Å²) in [5.41, 5.74) is 0.723. The molecule has 1 heterocycles. The molecule has 1 fully saturated rings. The van der Waals surface area contributed by atoms with Crippen LogP contribution in [-0.4, -0.2) is 30.8 Å². The molecule has 1 saturated heterocycles. The Hall–Kier alpha value is -0.630. The number of piperidine rings is 1. The van der Waals surface area contributed by atoms with Crippen molar-refractivity contribution in [3.05, 3.63) is 12.2 Å². The maximum atomic E-state index is 10.3. The zero-order valence-corrected chi connectivity index (χ0v) is 7.59. The molecule has 1 aliphatic heterocycles. The molecule has 0 unspecified atom stereocenters. The van der Waals surface area contributed by atoms with Crippen LogP contribution in [0.2, 0.25) is 0 Å². The molecule has 1 aliphatic rings. The monoisotopic (exact) mass is 167 g/mol. The molecule has 0 atom stereocenters. The first-order chi connectivity index (χ1) is 5.83. The van der Waals surface area contributed by atoms with Crippen molar-refractivity contribution in [3.63, 3.8) is 0 Å². The molecule has 0 bridgehead atoms. The van der Waals surface area contributed by atoms with Gasteiger partial charge in [-0.1, -0.05) is 13.0 Å². The zero-order chi connectivity index (χ0) is 8.81. The Morgan fingerprint density at radius 1 is 1.33 bits per heavy atom. The number of aldehydes is 1. The van der Waals surface area contributed by atoms with E-state index < -0.39 is 0 Å². The molecule has 2 heteroatoms. The van der Waals surface area contributed by atoms with E-state index in [1.54, 1.807) is 0 Å². The average molecular weight is 167 g/mol. The Morgan fingerprint density at radius 2 is 2.00 bits per heavy atom. The van der Waals surface area contributed by atoms with Crippen LogP contribution in [0.1, 0.15) is 25.7 Å². The van der Waals surface area contributed by atoms with Gasteiger partial charge in [0.25, 0.3) is 0 Å². The van der Waals surface area contributed by atoms with Crippen LogP contribution in [0.4, 0.5) is 0 Å². The first-order valence-corrected chi connectivity index (χ1v) is 4.68. The molecular formula is C10H17NO. The van der Waals surface area contributed by atoms with Crippen molar-refractivity contribution in [1.82, 2.24) is 4.90 Å². The molecule has 0 aliphatic carbocycles. The van der Waals surface area contributed by atoms with Gasteiger partial charge < -0.3 is 4.90 Å². The number of carbonyl (C=O) groups is 1.